The van der Waals surface area contributed by atoms with Crippen LogP contribution < -0.4 is 11.1 Å². The molecule has 3 N–H and O–H groups in total. The molecule has 2 rings (SSSR count). The third-order valence-electron chi connectivity index (χ3n) is 3.96. The van der Waals surface area contributed by atoms with Crippen LogP contribution in [0.3, 0.4) is 0 Å². The molecule has 0 atom stereocenters. The van der Waals surface area contributed by atoms with Gasteiger partial charge in [0.05, 0.1) is 5.54 Å². The average Bonchev–Trinajstić information content (AvgIpc) is 2.54. The molecule has 0 aliphatic carbocycles. The SMILES string of the molecule is CCc1ccc(C(C)(C)NC(=O)c2ccc(CN)cc2)cc1. The van der Waals surface area contributed by atoms with Crippen molar-refractivity contribution in [2.45, 2.75) is 39.3 Å². The fourth-order valence-electron chi connectivity index (χ4n) is 2.38. The van der Waals surface area contributed by atoms with Crippen LogP contribution in [0.5, 0.6) is 0 Å². The Morgan fingerprint density at radius 3 is 2.05 bits per heavy atom. The van der Waals surface area contributed by atoms with E-state index in [2.05, 4.69) is 36.5 Å². The Morgan fingerprint density at radius 2 is 1.55 bits per heavy atom. The lowest BCUT2D eigenvalue weighted by Gasteiger charge is -2.27. The number of rotatable bonds is 5. The highest BCUT2D eigenvalue weighted by atomic mass is 16.1. The second-order valence-corrected chi connectivity index (χ2v) is 6.03. The first-order valence-electron chi connectivity index (χ1n) is 7.67. The maximum Gasteiger partial charge on any atom is 0.251 e. The number of carbonyl (C=O) groups excluding carboxylic acids is 1. The maximum absolute atomic E-state index is 12.4. The second-order valence-electron chi connectivity index (χ2n) is 6.03. The molecule has 2 aromatic carbocycles. The highest BCUT2D eigenvalue weighted by Gasteiger charge is 2.23. The van der Waals surface area contributed by atoms with Gasteiger partial charge in [-0.3, -0.25) is 4.79 Å². The quantitative estimate of drug-likeness (QED) is 0.888. The molecule has 116 valence electrons. The maximum atomic E-state index is 12.4. The van der Waals surface area contributed by atoms with Crippen molar-refractivity contribution in [1.82, 2.24) is 5.32 Å². The van der Waals surface area contributed by atoms with Gasteiger partial charge in [0.2, 0.25) is 0 Å². The highest BCUT2D eigenvalue weighted by Crippen LogP contribution is 2.21. The van der Waals surface area contributed by atoms with E-state index in [-0.39, 0.29) is 5.91 Å². The zero-order valence-corrected chi connectivity index (χ0v) is 13.5. The average molecular weight is 296 g/mol. The van der Waals surface area contributed by atoms with E-state index in [1.165, 1.54) is 5.56 Å². The smallest absolute Gasteiger partial charge is 0.251 e. The summed E-state index contributed by atoms with van der Waals surface area (Å²) in [6.45, 7) is 6.64. The van der Waals surface area contributed by atoms with Crippen LogP contribution in [0.25, 0.3) is 0 Å². The molecule has 0 saturated carbocycles. The first-order chi connectivity index (χ1) is 10.5. The van der Waals surface area contributed by atoms with Gasteiger partial charge in [0.15, 0.2) is 0 Å². The lowest BCUT2D eigenvalue weighted by Crippen LogP contribution is -2.41. The van der Waals surface area contributed by atoms with Crippen molar-refractivity contribution in [1.29, 1.82) is 0 Å². The molecule has 3 nitrogen and oxygen atoms in total. The number of carbonyl (C=O) groups is 1. The summed E-state index contributed by atoms with van der Waals surface area (Å²) in [6.07, 6.45) is 1.01. The summed E-state index contributed by atoms with van der Waals surface area (Å²) in [5.74, 6) is -0.0758. The second kappa shape index (κ2) is 6.75. The summed E-state index contributed by atoms with van der Waals surface area (Å²) < 4.78 is 0. The monoisotopic (exact) mass is 296 g/mol. The van der Waals surface area contributed by atoms with Crippen LogP contribution in [-0.4, -0.2) is 5.91 Å². The Hall–Kier alpha value is -2.13. The highest BCUT2D eigenvalue weighted by molar-refractivity contribution is 5.94. The molecule has 0 aliphatic rings. The van der Waals surface area contributed by atoms with Crippen molar-refractivity contribution in [3.63, 3.8) is 0 Å². The van der Waals surface area contributed by atoms with Gasteiger partial charge in [0, 0.05) is 12.1 Å². The number of amides is 1. The molecule has 0 aliphatic heterocycles. The van der Waals surface area contributed by atoms with Gasteiger partial charge >= 0.3 is 0 Å². The van der Waals surface area contributed by atoms with Crippen LogP contribution in [-0.2, 0) is 18.5 Å². The minimum absolute atomic E-state index is 0.0758. The molecule has 3 heteroatoms. The van der Waals surface area contributed by atoms with E-state index in [1.807, 2.05) is 38.1 Å². The lowest BCUT2D eigenvalue weighted by molar-refractivity contribution is 0.0912. The standard InChI is InChI=1S/C19H24N2O/c1-4-14-7-11-17(12-8-14)19(2,3)21-18(22)16-9-5-15(13-20)6-10-16/h5-12H,4,13,20H2,1-3H3,(H,21,22). The largest absolute Gasteiger partial charge is 0.343 e. The van der Waals surface area contributed by atoms with Gasteiger partial charge in [-0.15, -0.1) is 0 Å². The topological polar surface area (TPSA) is 55.1 Å². The van der Waals surface area contributed by atoms with Gasteiger partial charge in [0.25, 0.3) is 5.91 Å². The van der Waals surface area contributed by atoms with Gasteiger partial charge in [-0.05, 0) is 49.1 Å². The Bertz CT molecular complexity index is 627. The fraction of sp³-hybridized carbons (Fsp3) is 0.316. The van der Waals surface area contributed by atoms with Crippen LogP contribution in [0.4, 0.5) is 0 Å². The zero-order chi connectivity index (χ0) is 16.2. The predicted octanol–water partition coefficient (Wildman–Crippen LogP) is 3.37. The Balaban J connectivity index is 2.13. The Morgan fingerprint density at radius 1 is 1.00 bits per heavy atom. The van der Waals surface area contributed by atoms with E-state index < -0.39 is 5.54 Å². The molecule has 22 heavy (non-hydrogen) atoms. The summed E-state index contributed by atoms with van der Waals surface area (Å²) in [5, 5.41) is 3.09. The zero-order valence-electron chi connectivity index (χ0n) is 13.5. The van der Waals surface area contributed by atoms with E-state index in [9.17, 15) is 4.79 Å². The fourth-order valence-corrected chi connectivity index (χ4v) is 2.38. The number of benzene rings is 2. The number of nitrogens with one attached hydrogen (secondary N) is 1. The third-order valence-corrected chi connectivity index (χ3v) is 3.96. The summed E-state index contributed by atoms with van der Waals surface area (Å²) in [6, 6.07) is 15.8. The van der Waals surface area contributed by atoms with Crippen molar-refractivity contribution >= 4 is 5.91 Å². The van der Waals surface area contributed by atoms with Gasteiger partial charge in [-0.25, -0.2) is 0 Å². The van der Waals surface area contributed by atoms with Crippen molar-refractivity contribution in [2.75, 3.05) is 0 Å². The third kappa shape index (κ3) is 3.74. The minimum atomic E-state index is -0.421. The molecule has 2 aromatic rings. The molecule has 0 aromatic heterocycles. The number of aryl methyl sites for hydroxylation is 1. The first kappa shape index (κ1) is 16.2. The number of nitrogens with two attached hydrogens (primary N) is 1. The lowest BCUT2D eigenvalue weighted by atomic mass is 9.92. The molecule has 0 bridgehead atoms. The van der Waals surface area contributed by atoms with Gasteiger partial charge < -0.3 is 11.1 Å². The van der Waals surface area contributed by atoms with E-state index in [4.69, 9.17) is 5.73 Å². The van der Waals surface area contributed by atoms with Crippen LogP contribution in [0, 0.1) is 0 Å². The number of hydrogen-bond acceptors (Lipinski definition) is 2. The van der Waals surface area contributed by atoms with Crippen LogP contribution in [0.15, 0.2) is 48.5 Å². The van der Waals surface area contributed by atoms with E-state index >= 15 is 0 Å². The normalized spacial score (nSPS) is 11.3. The molecule has 0 fully saturated rings. The van der Waals surface area contributed by atoms with Crippen molar-refractivity contribution < 1.29 is 4.79 Å². The van der Waals surface area contributed by atoms with E-state index in [0.29, 0.717) is 12.1 Å². The molecular weight excluding hydrogens is 272 g/mol. The Labute approximate surface area is 132 Å². The summed E-state index contributed by atoms with van der Waals surface area (Å²) in [5.41, 5.74) is 9.21. The van der Waals surface area contributed by atoms with Gasteiger partial charge in [-0.2, -0.15) is 0 Å². The first-order valence-corrected chi connectivity index (χ1v) is 7.67. The van der Waals surface area contributed by atoms with Crippen LogP contribution in [0.2, 0.25) is 0 Å². The molecular formula is C19H24N2O. The van der Waals surface area contributed by atoms with E-state index in [0.717, 1.165) is 17.5 Å². The van der Waals surface area contributed by atoms with Gasteiger partial charge in [0.1, 0.15) is 0 Å². The van der Waals surface area contributed by atoms with Crippen molar-refractivity contribution in [2.24, 2.45) is 5.73 Å². The Kier molecular flexibility index (Phi) is 4.99. The van der Waals surface area contributed by atoms with Crippen molar-refractivity contribution in [3.8, 4) is 0 Å². The van der Waals surface area contributed by atoms with Crippen molar-refractivity contribution in [3.05, 3.63) is 70.8 Å². The summed E-state index contributed by atoms with van der Waals surface area (Å²) in [4.78, 5) is 12.4. The number of hydrogen-bond donors (Lipinski definition) is 2. The molecule has 0 radical (unpaired) electrons. The molecule has 0 spiro atoms. The van der Waals surface area contributed by atoms with Gasteiger partial charge in [-0.1, -0.05) is 43.3 Å². The van der Waals surface area contributed by atoms with Crippen LogP contribution in [0.1, 0.15) is 47.8 Å². The van der Waals surface area contributed by atoms with Crippen LogP contribution >= 0.6 is 0 Å². The minimum Gasteiger partial charge on any atom is -0.343 e. The molecule has 0 saturated heterocycles. The summed E-state index contributed by atoms with van der Waals surface area (Å²) >= 11 is 0. The molecule has 0 heterocycles. The van der Waals surface area contributed by atoms with E-state index in [1.54, 1.807) is 0 Å². The molecule has 1 amide bonds. The predicted molar refractivity (Wildman–Crippen MR) is 90.6 cm³/mol. The summed E-state index contributed by atoms with van der Waals surface area (Å²) in [7, 11) is 0. The molecule has 0 unspecified atom stereocenters.